The first-order chi connectivity index (χ1) is 11.7. The van der Waals surface area contributed by atoms with Gasteiger partial charge in [-0.05, 0) is 47.4 Å². The molecule has 0 saturated carbocycles. The molecule has 1 N–H and O–H groups in total. The highest BCUT2D eigenvalue weighted by atomic mass is 35.5. The van der Waals surface area contributed by atoms with Crippen molar-refractivity contribution >= 4 is 35.6 Å². The lowest BCUT2D eigenvalue weighted by Crippen LogP contribution is -2.16. The highest BCUT2D eigenvalue weighted by molar-refractivity contribution is 6.35. The Morgan fingerprint density at radius 1 is 0.760 bits per heavy atom. The van der Waals surface area contributed by atoms with Gasteiger partial charge in [0.05, 0.1) is 0 Å². The highest BCUT2D eigenvalue weighted by Crippen LogP contribution is 2.21. The molecule has 130 valence electrons. The van der Waals surface area contributed by atoms with E-state index >= 15 is 0 Å². The lowest BCUT2D eigenvalue weighted by Gasteiger charge is -2.08. The molecule has 3 rings (SSSR count). The minimum absolute atomic E-state index is 0. The molecule has 0 fully saturated rings. The fraction of sp³-hybridized carbons (Fsp3) is 0.143. The second-order valence-corrected chi connectivity index (χ2v) is 6.57. The summed E-state index contributed by atoms with van der Waals surface area (Å²) in [6, 6.07) is 24.8. The maximum atomic E-state index is 6.19. The third kappa shape index (κ3) is 5.76. The van der Waals surface area contributed by atoms with Crippen LogP contribution in [0.25, 0.3) is 11.1 Å². The van der Waals surface area contributed by atoms with E-state index in [1.54, 1.807) is 6.07 Å². The predicted octanol–water partition coefficient (Wildman–Crippen LogP) is 6.41. The van der Waals surface area contributed by atoms with Crippen LogP contribution in [0.15, 0.2) is 72.8 Å². The van der Waals surface area contributed by atoms with Gasteiger partial charge in [0.1, 0.15) is 0 Å². The molecular weight excluding hydrogens is 373 g/mol. The van der Waals surface area contributed by atoms with Crippen LogP contribution in [0.2, 0.25) is 10.0 Å². The molecular formula is C21H20Cl3N. The largest absolute Gasteiger partial charge is 0.312 e. The zero-order valence-electron chi connectivity index (χ0n) is 13.7. The maximum Gasteiger partial charge on any atom is 0.0453 e. The van der Waals surface area contributed by atoms with Crippen molar-refractivity contribution in [1.82, 2.24) is 5.32 Å². The van der Waals surface area contributed by atoms with Crippen LogP contribution in [0, 0.1) is 0 Å². The lowest BCUT2D eigenvalue weighted by atomic mass is 10.0. The zero-order chi connectivity index (χ0) is 16.8. The maximum absolute atomic E-state index is 6.19. The molecule has 0 aliphatic carbocycles. The van der Waals surface area contributed by atoms with E-state index < -0.39 is 0 Å². The van der Waals surface area contributed by atoms with E-state index in [9.17, 15) is 0 Å². The van der Waals surface area contributed by atoms with Gasteiger partial charge in [0.25, 0.3) is 0 Å². The van der Waals surface area contributed by atoms with Crippen molar-refractivity contribution in [3.63, 3.8) is 0 Å². The SMILES string of the molecule is Cl.Clc1ccc(CCNCc2ccc(-c3ccccc3)cc2)c(Cl)c1. The van der Waals surface area contributed by atoms with E-state index in [2.05, 4.69) is 53.8 Å². The molecule has 0 spiro atoms. The van der Waals surface area contributed by atoms with Gasteiger partial charge in [-0.3, -0.25) is 0 Å². The van der Waals surface area contributed by atoms with E-state index in [-0.39, 0.29) is 12.4 Å². The number of benzene rings is 3. The molecule has 3 aromatic carbocycles. The summed E-state index contributed by atoms with van der Waals surface area (Å²) < 4.78 is 0. The van der Waals surface area contributed by atoms with Crippen LogP contribution in [0.5, 0.6) is 0 Å². The van der Waals surface area contributed by atoms with Crippen molar-refractivity contribution in [1.29, 1.82) is 0 Å². The second kappa shape index (κ2) is 9.84. The fourth-order valence-electron chi connectivity index (χ4n) is 2.63. The summed E-state index contributed by atoms with van der Waals surface area (Å²) >= 11 is 12.1. The normalized spacial score (nSPS) is 10.3. The van der Waals surface area contributed by atoms with E-state index in [1.165, 1.54) is 16.7 Å². The Hall–Kier alpha value is -1.51. The molecule has 0 amide bonds. The minimum Gasteiger partial charge on any atom is -0.312 e. The van der Waals surface area contributed by atoms with Crippen molar-refractivity contribution < 1.29 is 0 Å². The molecule has 3 aromatic rings. The summed E-state index contributed by atoms with van der Waals surface area (Å²) in [5, 5.41) is 4.87. The quantitative estimate of drug-likeness (QED) is 0.478. The Balaban J connectivity index is 0.00000225. The molecule has 1 nitrogen and oxygen atoms in total. The highest BCUT2D eigenvalue weighted by Gasteiger charge is 2.01. The Morgan fingerprint density at radius 2 is 1.44 bits per heavy atom. The van der Waals surface area contributed by atoms with Gasteiger partial charge in [0.15, 0.2) is 0 Å². The smallest absolute Gasteiger partial charge is 0.0453 e. The molecule has 4 heteroatoms. The van der Waals surface area contributed by atoms with Gasteiger partial charge in [0, 0.05) is 16.6 Å². The number of hydrogen-bond acceptors (Lipinski definition) is 1. The molecule has 0 aliphatic rings. The lowest BCUT2D eigenvalue weighted by molar-refractivity contribution is 0.687. The first-order valence-corrected chi connectivity index (χ1v) is 8.77. The average Bonchev–Trinajstić information content (AvgIpc) is 2.61. The van der Waals surface area contributed by atoms with Crippen LogP contribution in [-0.4, -0.2) is 6.54 Å². The van der Waals surface area contributed by atoms with Gasteiger partial charge in [-0.1, -0.05) is 83.9 Å². The average molecular weight is 393 g/mol. The third-order valence-corrected chi connectivity index (χ3v) is 4.56. The summed E-state index contributed by atoms with van der Waals surface area (Å²) in [7, 11) is 0. The standard InChI is InChI=1S/C21H19Cl2N.ClH/c22-20-11-10-19(21(23)14-20)12-13-24-15-16-6-8-18(9-7-16)17-4-2-1-3-5-17;/h1-11,14,24H,12-13,15H2;1H. The Labute approximate surface area is 165 Å². The second-order valence-electron chi connectivity index (χ2n) is 5.73. The van der Waals surface area contributed by atoms with Crippen molar-refractivity contribution in [3.05, 3.63) is 94.0 Å². The number of halogens is 3. The van der Waals surface area contributed by atoms with Crippen molar-refractivity contribution in [2.45, 2.75) is 13.0 Å². The Kier molecular flexibility index (Phi) is 7.80. The van der Waals surface area contributed by atoms with Crippen LogP contribution < -0.4 is 5.32 Å². The minimum atomic E-state index is 0. The van der Waals surface area contributed by atoms with Crippen molar-refractivity contribution in [2.24, 2.45) is 0 Å². The molecule has 0 radical (unpaired) electrons. The first-order valence-electron chi connectivity index (χ1n) is 8.01. The molecule has 0 saturated heterocycles. The molecule has 0 unspecified atom stereocenters. The number of rotatable bonds is 6. The summed E-state index contributed by atoms with van der Waals surface area (Å²) in [6.07, 6.45) is 0.887. The molecule has 0 atom stereocenters. The monoisotopic (exact) mass is 391 g/mol. The van der Waals surface area contributed by atoms with E-state index in [0.29, 0.717) is 5.02 Å². The van der Waals surface area contributed by atoms with Gasteiger partial charge in [-0.2, -0.15) is 0 Å². The van der Waals surface area contributed by atoms with E-state index in [0.717, 1.165) is 30.1 Å². The zero-order valence-corrected chi connectivity index (χ0v) is 16.0. The van der Waals surface area contributed by atoms with Gasteiger partial charge >= 0.3 is 0 Å². The van der Waals surface area contributed by atoms with Crippen LogP contribution >= 0.6 is 35.6 Å². The van der Waals surface area contributed by atoms with Crippen LogP contribution in [0.3, 0.4) is 0 Å². The molecule has 0 aromatic heterocycles. The first kappa shape index (κ1) is 19.8. The summed E-state index contributed by atoms with van der Waals surface area (Å²) in [5.41, 5.74) is 4.88. The summed E-state index contributed by atoms with van der Waals surface area (Å²) in [4.78, 5) is 0. The summed E-state index contributed by atoms with van der Waals surface area (Å²) in [5.74, 6) is 0. The number of hydrogen-bond donors (Lipinski definition) is 1. The molecule has 0 bridgehead atoms. The van der Waals surface area contributed by atoms with Gasteiger partial charge in [-0.15, -0.1) is 12.4 Å². The molecule has 0 heterocycles. The van der Waals surface area contributed by atoms with Crippen molar-refractivity contribution in [2.75, 3.05) is 6.54 Å². The van der Waals surface area contributed by atoms with E-state index in [1.807, 2.05) is 18.2 Å². The van der Waals surface area contributed by atoms with Crippen molar-refractivity contribution in [3.8, 4) is 11.1 Å². The summed E-state index contributed by atoms with van der Waals surface area (Å²) in [6.45, 7) is 1.72. The van der Waals surface area contributed by atoms with Crippen LogP contribution in [0.1, 0.15) is 11.1 Å². The predicted molar refractivity (Wildman–Crippen MR) is 111 cm³/mol. The Morgan fingerprint density at radius 3 is 2.12 bits per heavy atom. The van der Waals surface area contributed by atoms with E-state index in [4.69, 9.17) is 23.2 Å². The molecule has 0 aliphatic heterocycles. The third-order valence-electron chi connectivity index (χ3n) is 3.98. The topological polar surface area (TPSA) is 12.0 Å². The van der Waals surface area contributed by atoms with Crippen LogP contribution in [-0.2, 0) is 13.0 Å². The van der Waals surface area contributed by atoms with Gasteiger partial charge in [0.2, 0.25) is 0 Å². The Bertz CT molecular complexity index is 786. The fourth-order valence-corrected chi connectivity index (χ4v) is 3.13. The molecule has 25 heavy (non-hydrogen) atoms. The van der Waals surface area contributed by atoms with Gasteiger partial charge < -0.3 is 5.32 Å². The van der Waals surface area contributed by atoms with Crippen LogP contribution in [0.4, 0.5) is 0 Å². The van der Waals surface area contributed by atoms with Gasteiger partial charge in [-0.25, -0.2) is 0 Å². The number of nitrogens with one attached hydrogen (secondary N) is 1.